The van der Waals surface area contributed by atoms with E-state index in [1.165, 1.54) is 6.07 Å². The SMILES string of the molecule is Cc1cc(C(O)C2CCCCN2)nnc1-c1ccc(C(F)(F)F)cc1O.Cl. The predicted octanol–water partition coefficient (Wildman–Crippen LogP) is 3.77. The molecule has 2 atom stereocenters. The number of aliphatic hydroxyl groups is 1. The third-order valence-electron chi connectivity index (χ3n) is 4.62. The quantitative estimate of drug-likeness (QED) is 0.727. The fourth-order valence-electron chi connectivity index (χ4n) is 3.18. The van der Waals surface area contributed by atoms with Crippen molar-refractivity contribution in [1.82, 2.24) is 15.5 Å². The Hall–Kier alpha value is -1.90. The van der Waals surface area contributed by atoms with Gasteiger partial charge in [0.05, 0.1) is 17.0 Å². The Kier molecular flexibility index (Phi) is 6.67. The Labute approximate surface area is 161 Å². The molecule has 5 nitrogen and oxygen atoms in total. The predicted molar refractivity (Wildman–Crippen MR) is 96.7 cm³/mol. The van der Waals surface area contributed by atoms with Crippen molar-refractivity contribution in [3.8, 4) is 17.0 Å². The lowest BCUT2D eigenvalue weighted by Crippen LogP contribution is -2.39. The molecule has 1 fully saturated rings. The van der Waals surface area contributed by atoms with E-state index in [1.54, 1.807) is 13.0 Å². The number of hydrogen-bond donors (Lipinski definition) is 3. The number of phenols is 1. The summed E-state index contributed by atoms with van der Waals surface area (Å²) >= 11 is 0. The van der Waals surface area contributed by atoms with E-state index in [2.05, 4.69) is 15.5 Å². The fraction of sp³-hybridized carbons (Fsp3) is 0.444. The molecule has 0 saturated carbocycles. The van der Waals surface area contributed by atoms with E-state index in [-0.39, 0.29) is 29.7 Å². The second kappa shape index (κ2) is 8.41. The topological polar surface area (TPSA) is 78.3 Å². The molecule has 0 radical (unpaired) electrons. The van der Waals surface area contributed by atoms with Crippen molar-refractivity contribution >= 4 is 12.4 Å². The number of nitrogens with zero attached hydrogens (tertiary/aromatic N) is 2. The highest BCUT2D eigenvalue weighted by atomic mass is 35.5. The van der Waals surface area contributed by atoms with Gasteiger partial charge in [0, 0.05) is 11.6 Å². The maximum atomic E-state index is 12.7. The van der Waals surface area contributed by atoms with Gasteiger partial charge in [-0.05, 0) is 56.1 Å². The zero-order chi connectivity index (χ0) is 18.9. The number of alkyl halides is 3. The molecule has 2 unspecified atom stereocenters. The molecular weight excluding hydrogens is 383 g/mol. The van der Waals surface area contributed by atoms with Crippen molar-refractivity contribution < 1.29 is 23.4 Å². The summed E-state index contributed by atoms with van der Waals surface area (Å²) in [5, 5.41) is 31.8. The van der Waals surface area contributed by atoms with Crippen LogP contribution in [0.3, 0.4) is 0 Å². The summed E-state index contributed by atoms with van der Waals surface area (Å²) in [6.07, 6.45) is -2.41. The highest BCUT2D eigenvalue weighted by Crippen LogP contribution is 2.37. The Morgan fingerprint density at radius 1 is 1.19 bits per heavy atom. The molecule has 0 bridgehead atoms. The molecule has 1 aliphatic heterocycles. The summed E-state index contributed by atoms with van der Waals surface area (Å²) in [4.78, 5) is 0. The Morgan fingerprint density at radius 2 is 1.93 bits per heavy atom. The van der Waals surface area contributed by atoms with E-state index in [0.29, 0.717) is 17.3 Å². The summed E-state index contributed by atoms with van der Waals surface area (Å²) < 4.78 is 38.2. The first-order chi connectivity index (χ1) is 12.3. The van der Waals surface area contributed by atoms with E-state index in [9.17, 15) is 23.4 Å². The van der Waals surface area contributed by atoms with Crippen LogP contribution in [-0.4, -0.2) is 33.0 Å². The maximum absolute atomic E-state index is 12.7. The molecular formula is C18H21ClF3N3O2. The lowest BCUT2D eigenvalue weighted by Gasteiger charge is -2.27. The molecule has 27 heavy (non-hydrogen) atoms. The third kappa shape index (κ3) is 4.69. The summed E-state index contributed by atoms with van der Waals surface area (Å²) in [6.45, 7) is 2.55. The van der Waals surface area contributed by atoms with Crippen LogP contribution in [0, 0.1) is 6.92 Å². The monoisotopic (exact) mass is 403 g/mol. The molecule has 1 aromatic carbocycles. The zero-order valence-electron chi connectivity index (χ0n) is 14.6. The average molecular weight is 404 g/mol. The molecule has 0 spiro atoms. The molecule has 0 amide bonds. The Bertz CT molecular complexity index is 796. The molecule has 2 aromatic rings. The summed E-state index contributed by atoms with van der Waals surface area (Å²) in [5.74, 6) is -0.514. The maximum Gasteiger partial charge on any atom is 0.416 e. The second-order valence-electron chi connectivity index (χ2n) is 6.53. The normalized spacial score (nSPS) is 18.6. The first-order valence-electron chi connectivity index (χ1n) is 8.43. The number of hydrogen-bond acceptors (Lipinski definition) is 5. The molecule has 1 saturated heterocycles. The summed E-state index contributed by atoms with van der Waals surface area (Å²) in [6, 6.07) is 4.30. The third-order valence-corrected chi connectivity index (χ3v) is 4.62. The number of benzene rings is 1. The van der Waals surface area contributed by atoms with Crippen molar-refractivity contribution in [2.45, 2.75) is 44.5 Å². The van der Waals surface area contributed by atoms with Crippen LogP contribution in [-0.2, 0) is 6.18 Å². The van der Waals surface area contributed by atoms with Gasteiger partial charge in [0.15, 0.2) is 0 Å². The van der Waals surface area contributed by atoms with Crippen molar-refractivity contribution in [1.29, 1.82) is 0 Å². The Balaban J connectivity index is 0.00000261. The number of piperidine rings is 1. The van der Waals surface area contributed by atoms with E-state index in [4.69, 9.17) is 0 Å². The van der Waals surface area contributed by atoms with Crippen LogP contribution in [0.5, 0.6) is 5.75 Å². The highest BCUT2D eigenvalue weighted by Gasteiger charge is 2.31. The number of aromatic nitrogens is 2. The number of rotatable bonds is 3. The second-order valence-corrected chi connectivity index (χ2v) is 6.53. The van der Waals surface area contributed by atoms with Gasteiger partial charge in [0.2, 0.25) is 0 Å². The fourth-order valence-corrected chi connectivity index (χ4v) is 3.18. The van der Waals surface area contributed by atoms with Gasteiger partial charge in [0.1, 0.15) is 11.9 Å². The van der Waals surface area contributed by atoms with Gasteiger partial charge in [-0.15, -0.1) is 17.5 Å². The van der Waals surface area contributed by atoms with E-state index in [1.807, 2.05) is 0 Å². The van der Waals surface area contributed by atoms with Crippen molar-refractivity contribution in [2.24, 2.45) is 0 Å². The van der Waals surface area contributed by atoms with Crippen molar-refractivity contribution in [3.05, 3.63) is 41.1 Å². The van der Waals surface area contributed by atoms with Crippen molar-refractivity contribution in [2.75, 3.05) is 6.54 Å². The molecule has 1 aliphatic rings. The molecule has 148 valence electrons. The first kappa shape index (κ1) is 21.4. The number of halogens is 4. The minimum Gasteiger partial charge on any atom is -0.507 e. The van der Waals surface area contributed by atoms with Crippen LogP contribution in [0.2, 0.25) is 0 Å². The van der Waals surface area contributed by atoms with E-state index < -0.39 is 23.6 Å². The van der Waals surface area contributed by atoms with Crippen molar-refractivity contribution in [3.63, 3.8) is 0 Å². The zero-order valence-corrected chi connectivity index (χ0v) is 15.4. The minimum absolute atomic E-state index is 0. The van der Waals surface area contributed by atoms with Crippen LogP contribution in [0.1, 0.15) is 42.2 Å². The van der Waals surface area contributed by atoms with Gasteiger partial charge in [-0.2, -0.15) is 18.3 Å². The van der Waals surface area contributed by atoms with Gasteiger partial charge in [-0.25, -0.2) is 0 Å². The molecule has 2 heterocycles. The molecule has 3 N–H and O–H groups in total. The largest absolute Gasteiger partial charge is 0.507 e. The highest BCUT2D eigenvalue weighted by molar-refractivity contribution is 5.85. The van der Waals surface area contributed by atoms with Crippen LogP contribution in [0.15, 0.2) is 24.3 Å². The van der Waals surface area contributed by atoms with Crippen LogP contribution >= 0.6 is 12.4 Å². The van der Waals surface area contributed by atoms with Gasteiger partial charge in [0.25, 0.3) is 0 Å². The Morgan fingerprint density at radius 3 is 2.48 bits per heavy atom. The lowest BCUT2D eigenvalue weighted by molar-refractivity contribution is -0.137. The summed E-state index contributed by atoms with van der Waals surface area (Å²) in [7, 11) is 0. The number of phenolic OH excluding ortho intramolecular Hbond substituents is 1. The minimum atomic E-state index is -4.53. The van der Waals surface area contributed by atoms with Crippen LogP contribution in [0.25, 0.3) is 11.3 Å². The van der Waals surface area contributed by atoms with E-state index in [0.717, 1.165) is 31.9 Å². The lowest BCUT2D eigenvalue weighted by atomic mass is 9.96. The average Bonchev–Trinajstić information content (AvgIpc) is 2.61. The number of nitrogens with one attached hydrogen (secondary N) is 1. The first-order valence-corrected chi connectivity index (χ1v) is 8.43. The van der Waals surface area contributed by atoms with E-state index >= 15 is 0 Å². The van der Waals surface area contributed by atoms with Gasteiger partial charge in [-0.3, -0.25) is 0 Å². The van der Waals surface area contributed by atoms with Gasteiger partial charge < -0.3 is 15.5 Å². The van der Waals surface area contributed by atoms with Crippen LogP contribution < -0.4 is 5.32 Å². The number of aryl methyl sites for hydroxylation is 1. The molecule has 9 heteroatoms. The number of aliphatic hydroxyl groups excluding tert-OH is 1. The number of aromatic hydroxyl groups is 1. The summed E-state index contributed by atoms with van der Waals surface area (Å²) in [5.41, 5.74) is 0.528. The molecule has 0 aliphatic carbocycles. The smallest absolute Gasteiger partial charge is 0.416 e. The molecule has 1 aromatic heterocycles. The molecule has 3 rings (SSSR count). The van der Waals surface area contributed by atoms with Gasteiger partial charge >= 0.3 is 6.18 Å². The standard InChI is InChI=1S/C18H20F3N3O2.ClH/c1-10-8-14(17(26)13-4-2-3-7-22-13)23-24-16(10)12-6-5-11(9-15(12)25)18(19,20)21;/h5-6,8-9,13,17,22,25-26H,2-4,7H2,1H3;1H. The van der Waals surface area contributed by atoms with Gasteiger partial charge in [-0.1, -0.05) is 6.42 Å². The van der Waals surface area contributed by atoms with Crippen LogP contribution in [0.4, 0.5) is 13.2 Å².